The third-order valence-electron chi connectivity index (χ3n) is 0.983. The predicted molar refractivity (Wildman–Crippen MR) is 39.8 cm³/mol. The smallest absolute Gasteiger partial charge is 0.107 e. The molecule has 0 aromatic carbocycles. The van der Waals surface area contributed by atoms with Gasteiger partial charge in [-0.1, -0.05) is 6.92 Å². The fourth-order valence-corrected chi connectivity index (χ4v) is 0.295. The van der Waals surface area contributed by atoms with E-state index >= 15 is 0 Å². The first-order valence-electron chi connectivity index (χ1n) is 3.05. The lowest BCUT2D eigenvalue weighted by atomic mass is 10.3. The van der Waals surface area contributed by atoms with Gasteiger partial charge in [0.1, 0.15) is 5.76 Å². The second kappa shape index (κ2) is 4.13. The van der Waals surface area contributed by atoms with Crippen molar-refractivity contribution in [2.45, 2.75) is 27.2 Å². The maximum atomic E-state index is 8.65. The van der Waals surface area contributed by atoms with Gasteiger partial charge in [0, 0.05) is 5.71 Å². The van der Waals surface area contributed by atoms with Crippen molar-refractivity contribution < 1.29 is 5.11 Å². The molecule has 0 aromatic rings. The average Bonchev–Trinajstić information content (AvgIpc) is 1.83. The van der Waals surface area contributed by atoms with E-state index in [-0.39, 0.29) is 5.76 Å². The maximum absolute atomic E-state index is 8.65. The molecule has 0 rings (SSSR count). The zero-order chi connectivity index (χ0) is 7.28. The summed E-state index contributed by atoms with van der Waals surface area (Å²) in [6, 6.07) is 0. The number of hydrogen-bond acceptors (Lipinski definition) is 2. The summed E-state index contributed by atoms with van der Waals surface area (Å²) in [7, 11) is 0. The fourth-order valence-electron chi connectivity index (χ4n) is 0.295. The van der Waals surface area contributed by atoms with E-state index in [1.165, 1.54) is 6.20 Å². The van der Waals surface area contributed by atoms with E-state index in [1.807, 2.05) is 13.8 Å². The van der Waals surface area contributed by atoms with Gasteiger partial charge in [0.25, 0.3) is 0 Å². The van der Waals surface area contributed by atoms with E-state index in [4.69, 9.17) is 5.11 Å². The minimum Gasteiger partial charge on any atom is -0.511 e. The number of rotatable bonds is 2. The molecule has 0 spiro atoms. The van der Waals surface area contributed by atoms with Crippen LogP contribution < -0.4 is 0 Å². The first kappa shape index (κ1) is 8.21. The Balaban J connectivity index is 3.83. The predicted octanol–water partition coefficient (Wildman–Crippen LogP) is 2.28. The topological polar surface area (TPSA) is 32.6 Å². The number of allylic oxidation sites excluding steroid dienone is 1. The van der Waals surface area contributed by atoms with Gasteiger partial charge in [-0.25, -0.2) is 0 Å². The zero-order valence-corrected chi connectivity index (χ0v) is 6.18. The minimum atomic E-state index is 0.253. The molecule has 0 bridgehead atoms. The molecule has 0 aliphatic rings. The van der Waals surface area contributed by atoms with Crippen molar-refractivity contribution in [1.29, 1.82) is 0 Å². The van der Waals surface area contributed by atoms with Crippen molar-refractivity contribution in [3.8, 4) is 0 Å². The van der Waals surface area contributed by atoms with Crippen molar-refractivity contribution in [1.82, 2.24) is 0 Å². The van der Waals surface area contributed by atoms with Crippen molar-refractivity contribution in [3.05, 3.63) is 12.0 Å². The monoisotopic (exact) mass is 127 g/mol. The van der Waals surface area contributed by atoms with Gasteiger partial charge in [0.05, 0.1) is 6.20 Å². The molecule has 0 aliphatic heterocycles. The lowest BCUT2D eigenvalue weighted by molar-refractivity contribution is 0.412. The first-order valence-corrected chi connectivity index (χ1v) is 3.05. The number of nitrogens with zero attached hydrogens (tertiary/aromatic N) is 1. The lowest BCUT2D eigenvalue weighted by Crippen LogP contribution is -1.84. The molecular weight excluding hydrogens is 114 g/mol. The van der Waals surface area contributed by atoms with E-state index in [0.717, 1.165) is 12.1 Å². The fraction of sp³-hybridized carbons (Fsp3) is 0.571. The van der Waals surface area contributed by atoms with Gasteiger partial charge < -0.3 is 5.11 Å². The third-order valence-corrected chi connectivity index (χ3v) is 0.983. The molecular formula is C7H13NO. The van der Waals surface area contributed by atoms with Crippen molar-refractivity contribution in [2.24, 2.45) is 4.99 Å². The molecule has 0 radical (unpaired) electrons. The van der Waals surface area contributed by atoms with Crippen molar-refractivity contribution in [2.75, 3.05) is 0 Å². The zero-order valence-electron chi connectivity index (χ0n) is 6.18. The molecule has 2 nitrogen and oxygen atoms in total. The standard InChI is InChI=1S/C7H13NO/c1-4-6(2)8-5-7(3)9/h5,9H,4H2,1-3H3/b7-5-,8-6+. The van der Waals surface area contributed by atoms with E-state index in [1.54, 1.807) is 6.92 Å². The number of aliphatic imine (C=N–C) groups is 1. The summed E-state index contributed by atoms with van der Waals surface area (Å²) in [4.78, 5) is 3.95. The molecule has 0 fully saturated rings. The summed E-state index contributed by atoms with van der Waals surface area (Å²) in [5.41, 5.74) is 1.03. The van der Waals surface area contributed by atoms with Gasteiger partial charge in [0.15, 0.2) is 0 Å². The van der Waals surface area contributed by atoms with Crippen LogP contribution in [-0.2, 0) is 0 Å². The Labute approximate surface area is 55.9 Å². The number of aliphatic hydroxyl groups excluding tert-OH is 1. The van der Waals surface area contributed by atoms with Crippen LogP contribution in [0, 0.1) is 0 Å². The molecule has 0 heterocycles. The molecule has 0 aromatic heterocycles. The molecule has 52 valence electrons. The second-order valence-corrected chi connectivity index (χ2v) is 1.99. The van der Waals surface area contributed by atoms with Crippen LogP contribution in [0.25, 0.3) is 0 Å². The Hall–Kier alpha value is -0.790. The second-order valence-electron chi connectivity index (χ2n) is 1.99. The summed E-state index contributed by atoms with van der Waals surface area (Å²) in [6.07, 6.45) is 2.39. The highest BCUT2D eigenvalue weighted by Gasteiger charge is 1.81. The van der Waals surface area contributed by atoms with Crippen molar-refractivity contribution >= 4 is 5.71 Å². The van der Waals surface area contributed by atoms with E-state index in [2.05, 4.69) is 4.99 Å². The Morgan fingerprint density at radius 2 is 2.11 bits per heavy atom. The highest BCUT2D eigenvalue weighted by Crippen LogP contribution is 1.89. The molecule has 0 aliphatic carbocycles. The Bertz CT molecular complexity index is 132. The van der Waals surface area contributed by atoms with Gasteiger partial charge in [-0.3, -0.25) is 4.99 Å². The first-order chi connectivity index (χ1) is 4.16. The van der Waals surface area contributed by atoms with Crippen LogP contribution in [0.2, 0.25) is 0 Å². The van der Waals surface area contributed by atoms with Crippen LogP contribution in [0.4, 0.5) is 0 Å². The van der Waals surface area contributed by atoms with Crippen LogP contribution in [0.15, 0.2) is 17.0 Å². The molecule has 0 saturated carbocycles. The van der Waals surface area contributed by atoms with Crippen LogP contribution in [0.3, 0.4) is 0 Å². The van der Waals surface area contributed by atoms with Gasteiger partial charge in [-0.05, 0) is 20.3 Å². The number of hydrogen-bond donors (Lipinski definition) is 1. The third kappa shape index (κ3) is 5.07. The molecule has 2 heteroatoms. The quantitative estimate of drug-likeness (QED) is 0.448. The highest BCUT2D eigenvalue weighted by atomic mass is 16.3. The SMILES string of the molecule is CC/C(C)=N/C=C(/C)O. The lowest BCUT2D eigenvalue weighted by Gasteiger charge is -1.88. The highest BCUT2D eigenvalue weighted by molar-refractivity contribution is 5.82. The molecule has 9 heavy (non-hydrogen) atoms. The summed E-state index contributed by atoms with van der Waals surface area (Å²) < 4.78 is 0. The van der Waals surface area contributed by atoms with Gasteiger partial charge in [-0.2, -0.15) is 0 Å². The number of aliphatic hydroxyl groups is 1. The molecule has 1 N–H and O–H groups in total. The molecule has 0 atom stereocenters. The van der Waals surface area contributed by atoms with Crippen LogP contribution in [0.5, 0.6) is 0 Å². The van der Waals surface area contributed by atoms with Gasteiger partial charge in [0.2, 0.25) is 0 Å². The summed E-state index contributed by atoms with van der Waals surface area (Å²) >= 11 is 0. The van der Waals surface area contributed by atoms with E-state index < -0.39 is 0 Å². The summed E-state index contributed by atoms with van der Waals surface area (Å²) in [5, 5.41) is 8.65. The Morgan fingerprint density at radius 3 is 2.44 bits per heavy atom. The van der Waals surface area contributed by atoms with Crippen molar-refractivity contribution in [3.63, 3.8) is 0 Å². The van der Waals surface area contributed by atoms with Crippen LogP contribution >= 0.6 is 0 Å². The normalized spacial score (nSPS) is 14.1. The van der Waals surface area contributed by atoms with E-state index in [0.29, 0.717) is 0 Å². The largest absolute Gasteiger partial charge is 0.511 e. The van der Waals surface area contributed by atoms with Crippen LogP contribution in [-0.4, -0.2) is 10.8 Å². The average molecular weight is 127 g/mol. The molecule has 0 saturated heterocycles. The molecule has 0 unspecified atom stereocenters. The summed E-state index contributed by atoms with van der Waals surface area (Å²) in [5.74, 6) is 0.253. The minimum absolute atomic E-state index is 0.253. The van der Waals surface area contributed by atoms with Gasteiger partial charge >= 0.3 is 0 Å². The Kier molecular flexibility index (Phi) is 3.76. The maximum Gasteiger partial charge on any atom is 0.107 e. The Morgan fingerprint density at radius 1 is 1.56 bits per heavy atom. The van der Waals surface area contributed by atoms with E-state index in [9.17, 15) is 0 Å². The van der Waals surface area contributed by atoms with Gasteiger partial charge in [-0.15, -0.1) is 0 Å². The summed E-state index contributed by atoms with van der Waals surface area (Å²) in [6.45, 7) is 5.56. The molecule has 0 amide bonds. The van der Waals surface area contributed by atoms with Crippen LogP contribution in [0.1, 0.15) is 27.2 Å².